The summed E-state index contributed by atoms with van der Waals surface area (Å²) in [7, 11) is 0. The predicted molar refractivity (Wildman–Crippen MR) is 77.8 cm³/mol. The molecule has 0 saturated carbocycles. The van der Waals surface area contributed by atoms with Crippen LogP contribution >= 0.6 is 11.6 Å². The van der Waals surface area contributed by atoms with Gasteiger partial charge in [0.05, 0.1) is 12.4 Å². The first-order valence-corrected chi connectivity index (χ1v) is 6.88. The van der Waals surface area contributed by atoms with E-state index in [9.17, 15) is 0 Å². The summed E-state index contributed by atoms with van der Waals surface area (Å²) in [4.78, 5) is 15.6. The maximum atomic E-state index is 6.25. The summed E-state index contributed by atoms with van der Waals surface area (Å²) >= 11 is 6.25. The Balaban J connectivity index is 1.72. The summed E-state index contributed by atoms with van der Waals surface area (Å²) in [5.74, 6) is 0.783. The van der Waals surface area contributed by atoms with Crippen LogP contribution in [0.5, 0.6) is 0 Å². The van der Waals surface area contributed by atoms with Crippen molar-refractivity contribution >= 4 is 28.6 Å². The van der Waals surface area contributed by atoms with Crippen LogP contribution in [-0.4, -0.2) is 19.9 Å². The zero-order valence-corrected chi connectivity index (χ0v) is 11.4. The second-order valence-electron chi connectivity index (χ2n) is 4.87. The third-order valence-electron chi connectivity index (χ3n) is 3.75. The number of halogens is 1. The summed E-state index contributed by atoms with van der Waals surface area (Å²) in [5.41, 5.74) is 4.00. The van der Waals surface area contributed by atoms with E-state index < -0.39 is 0 Å². The lowest BCUT2D eigenvalue weighted by atomic mass is 10.1. The van der Waals surface area contributed by atoms with Crippen LogP contribution in [0.4, 0.5) is 5.82 Å². The molecule has 2 heterocycles. The van der Waals surface area contributed by atoms with Crippen LogP contribution in [-0.2, 0) is 6.42 Å². The van der Waals surface area contributed by atoms with Gasteiger partial charge in [-0.1, -0.05) is 23.7 Å². The molecule has 1 aliphatic carbocycles. The molecular weight excluding hydrogens is 274 g/mol. The van der Waals surface area contributed by atoms with Gasteiger partial charge in [0.1, 0.15) is 11.8 Å². The predicted octanol–water partition coefficient (Wildman–Crippen LogP) is 3.11. The summed E-state index contributed by atoms with van der Waals surface area (Å²) in [6.45, 7) is 0. The van der Waals surface area contributed by atoms with Gasteiger partial charge in [-0.05, 0) is 30.0 Å². The second-order valence-corrected chi connectivity index (χ2v) is 5.27. The Morgan fingerprint density at radius 1 is 1.25 bits per heavy atom. The van der Waals surface area contributed by atoms with Crippen LogP contribution in [0.2, 0.25) is 5.02 Å². The fraction of sp³-hybridized carbons (Fsp3) is 0.214. The van der Waals surface area contributed by atoms with Gasteiger partial charge in [0.15, 0.2) is 11.5 Å². The molecule has 5 nitrogen and oxygen atoms in total. The number of aromatic nitrogens is 4. The van der Waals surface area contributed by atoms with Crippen LogP contribution in [0.15, 0.2) is 30.9 Å². The van der Waals surface area contributed by atoms with E-state index in [1.807, 2.05) is 12.1 Å². The zero-order valence-electron chi connectivity index (χ0n) is 10.6. The van der Waals surface area contributed by atoms with Crippen molar-refractivity contribution in [2.45, 2.75) is 18.9 Å². The molecule has 1 atom stereocenters. The highest BCUT2D eigenvalue weighted by Gasteiger charge is 2.25. The third kappa shape index (κ3) is 1.74. The Kier molecular flexibility index (Phi) is 2.60. The fourth-order valence-electron chi connectivity index (χ4n) is 2.80. The first-order valence-electron chi connectivity index (χ1n) is 6.51. The fourth-order valence-corrected chi connectivity index (χ4v) is 3.08. The number of nitrogens with zero attached hydrogens (tertiary/aromatic N) is 3. The number of imidazole rings is 1. The highest BCUT2D eigenvalue weighted by atomic mass is 35.5. The molecule has 4 rings (SSSR count). The molecule has 0 saturated heterocycles. The van der Waals surface area contributed by atoms with Gasteiger partial charge in [0.25, 0.3) is 0 Å². The van der Waals surface area contributed by atoms with Gasteiger partial charge in [-0.3, -0.25) is 0 Å². The van der Waals surface area contributed by atoms with Crippen molar-refractivity contribution in [3.05, 3.63) is 47.0 Å². The first kappa shape index (κ1) is 11.7. The largest absolute Gasteiger partial charge is 0.361 e. The lowest BCUT2D eigenvalue weighted by Gasteiger charge is -2.15. The lowest BCUT2D eigenvalue weighted by Crippen LogP contribution is -2.09. The molecule has 2 aromatic heterocycles. The van der Waals surface area contributed by atoms with E-state index in [4.69, 9.17) is 11.6 Å². The maximum absolute atomic E-state index is 6.25. The minimum absolute atomic E-state index is 0.227. The highest BCUT2D eigenvalue weighted by Crippen LogP contribution is 2.37. The molecule has 3 aromatic rings. The van der Waals surface area contributed by atoms with Crippen molar-refractivity contribution in [1.82, 2.24) is 19.9 Å². The number of aromatic amines is 1. The quantitative estimate of drug-likeness (QED) is 0.759. The minimum Gasteiger partial charge on any atom is -0.361 e. The molecule has 0 amide bonds. The first-order chi connectivity index (χ1) is 9.83. The zero-order chi connectivity index (χ0) is 13.5. The van der Waals surface area contributed by atoms with Gasteiger partial charge in [0, 0.05) is 5.02 Å². The monoisotopic (exact) mass is 285 g/mol. The summed E-state index contributed by atoms with van der Waals surface area (Å²) in [5, 5.41) is 4.32. The topological polar surface area (TPSA) is 66.5 Å². The van der Waals surface area contributed by atoms with E-state index in [-0.39, 0.29) is 6.04 Å². The number of hydrogen-bond donors (Lipinski definition) is 2. The number of fused-ring (bicyclic) bond motifs is 2. The van der Waals surface area contributed by atoms with Crippen molar-refractivity contribution in [3.8, 4) is 0 Å². The summed E-state index contributed by atoms with van der Waals surface area (Å²) in [6.07, 6.45) is 5.16. The van der Waals surface area contributed by atoms with E-state index in [1.54, 1.807) is 6.33 Å². The molecule has 0 fully saturated rings. The van der Waals surface area contributed by atoms with Gasteiger partial charge >= 0.3 is 0 Å². The van der Waals surface area contributed by atoms with E-state index in [0.717, 1.165) is 29.2 Å². The molecule has 20 heavy (non-hydrogen) atoms. The number of H-pyrrole nitrogens is 1. The Bertz CT molecular complexity index is 782. The molecule has 0 spiro atoms. The van der Waals surface area contributed by atoms with Crippen molar-refractivity contribution in [1.29, 1.82) is 0 Å². The number of nitrogens with one attached hydrogen (secondary N) is 2. The van der Waals surface area contributed by atoms with Gasteiger partial charge in [-0.15, -0.1) is 0 Å². The molecule has 6 heteroatoms. The standard InChI is InChI=1S/C14H12ClN5/c15-10-3-1-2-9-8(10)4-5-11(9)20-14-12-13(17-6-16-12)18-7-19-14/h1-3,6-7,11H,4-5H2,(H2,16,17,18,19,20)/t11-/m1/s1. The maximum Gasteiger partial charge on any atom is 0.182 e. The van der Waals surface area contributed by atoms with Gasteiger partial charge < -0.3 is 10.3 Å². The van der Waals surface area contributed by atoms with Gasteiger partial charge in [-0.2, -0.15) is 0 Å². The average molecular weight is 286 g/mol. The van der Waals surface area contributed by atoms with E-state index in [1.165, 1.54) is 17.5 Å². The summed E-state index contributed by atoms with van der Waals surface area (Å²) < 4.78 is 0. The van der Waals surface area contributed by atoms with E-state index >= 15 is 0 Å². The van der Waals surface area contributed by atoms with Gasteiger partial charge in [-0.25, -0.2) is 15.0 Å². The molecular formula is C14H12ClN5. The molecule has 100 valence electrons. The molecule has 0 radical (unpaired) electrons. The Morgan fingerprint density at radius 2 is 2.20 bits per heavy atom. The van der Waals surface area contributed by atoms with Crippen LogP contribution in [0.25, 0.3) is 11.2 Å². The second kappa shape index (κ2) is 4.45. The molecule has 0 aliphatic heterocycles. The summed E-state index contributed by atoms with van der Waals surface area (Å²) in [6, 6.07) is 6.29. The minimum atomic E-state index is 0.227. The third-order valence-corrected chi connectivity index (χ3v) is 4.10. The Labute approximate surface area is 120 Å². The van der Waals surface area contributed by atoms with Crippen molar-refractivity contribution < 1.29 is 0 Å². The normalized spacial score (nSPS) is 17.4. The average Bonchev–Trinajstić information content (AvgIpc) is 3.07. The SMILES string of the molecule is Clc1cccc2c1CC[C@H]2Nc1ncnc2nc[nH]c12. The lowest BCUT2D eigenvalue weighted by molar-refractivity contribution is 0.758. The molecule has 2 N–H and O–H groups in total. The molecule has 1 aromatic carbocycles. The van der Waals surface area contributed by atoms with Crippen molar-refractivity contribution in [2.75, 3.05) is 5.32 Å². The van der Waals surface area contributed by atoms with Gasteiger partial charge in [0.2, 0.25) is 0 Å². The molecule has 1 aliphatic rings. The molecule has 0 bridgehead atoms. The van der Waals surface area contributed by atoms with Crippen LogP contribution in [0, 0.1) is 0 Å². The Hall–Kier alpha value is -2.14. The van der Waals surface area contributed by atoms with E-state index in [0.29, 0.717) is 5.65 Å². The number of anilines is 1. The van der Waals surface area contributed by atoms with Crippen molar-refractivity contribution in [3.63, 3.8) is 0 Å². The van der Waals surface area contributed by atoms with Crippen LogP contribution < -0.4 is 5.32 Å². The van der Waals surface area contributed by atoms with Crippen LogP contribution in [0.1, 0.15) is 23.6 Å². The highest BCUT2D eigenvalue weighted by molar-refractivity contribution is 6.31. The van der Waals surface area contributed by atoms with E-state index in [2.05, 4.69) is 31.3 Å². The smallest absolute Gasteiger partial charge is 0.182 e. The number of rotatable bonds is 2. The van der Waals surface area contributed by atoms with Crippen molar-refractivity contribution in [2.24, 2.45) is 0 Å². The number of benzene rings is 1. The molecule has 0 unspecified atom stereocenters. The van der Waals surface area contributed by atoms with Crippen LogP contribution in [0.3, 0.4) is 0 Å². The number of hydrogen-bond acceptors (Lipinski definition) is 4. The Morgan fingerprint density at radius 3 is 3.15 bits per heavy atom.